The quantitative estimate of drug-likeness (QED) is 0.281. The van der Waals surface area contributed by atoms with Crippen molar-refractivity contribution in [3.05, 3.63) is 12.2 Å². The van der Waals surface area contributed by atoms with E-state index in [0.717, 1.165) is 24.7 Å². The van der Waals surface area contributed by atoms with E-state index < -0.39 is 0 Å². The first-order valence-electron chi connectivity index (χ1n) is 12.7. The molecule has 31 heavy (non-hydrogen) atoms. The number of allylic oxidation sites excluding steroid dienone is 2. The Morgan fingerprint density at radius 1 is 1.10 bits per heavy atom. The van der Waals surface area contributed by atoms with Gasteiger partial charge in [-0.25, -0.2) is 0 Å². The van der Waals surface area contributed by atoms with Gasteiger partial charge in [0, 0.05) is 13.5 Å². The van der Waals surface area contributed by atoms with Gasteiger partial charge in [-0.3, -0.25) is 4.79 Å². The van der Waals surface area contributed by atoms with E-state index in [0.29, 0.717) is 53.8 Å². The van der Waals surface area contributed by atoms with Crippen LogP contribution in [0.15, 0.2) is 12.2 Å². The Balaban J connectivity index is 1.57. The molecule has 3 unspecified atom stereocenters. The summed E-state index contributed by atoms with van der Waals surface area (Å²) in [6, 6.07) is 0. The lowest BCUT2D eigenvalue weighted by atomic mass is 9.44. The molecule has 4 rings (SSSR count). The average molecular weight is 433 g/mol. The fourth-order valence-corrected chi connectivity index (χ4v) is 8.72. The Bertz CT molecular complexity index is 674. The Morgan fingerprint density at radius 2 is 1.87 bits per heavy atom. The van der Waals surface area contributed by atoms with Gasteiger partial charge >= 0.3 is 5.97 Å². The normalized spacial score (nSPS) is 44.8. The molecule has 0 aromatic rings. The second kappa shape index (κ2) is 9.17. The van der Waals surface area contributed by atoms with Crippen molar-refractivity contribution in [1.82, 2.24) is 0 Å². The number of carbonyl (C=O) groups excluding carboxylic acids is 1. The molecule has 0 aromatic heterocycles. The monoisotopic (exact) mass is 432 g/mol. The first kappa shape index (κ1) is 23.3. The maximum atomic E-state index is 11.7. The second-order valence-electron chi connectivity index (χ2n) is 11.5. The highest BCUT2D eigenvalue weighted by Gasteiger charge is 2.62. The first-order valence-corrected chi connectivity index (χ1v) is 12.7. The Labute approximate surface area is 189 Å². The number of fused-ring (bicyclic) bond motifs is 5. The molecule has 0 aromatic carbocycles. The fraction of sp³-hybridized carbons (Fsp3) is 0.889. The summed E-state index contributed by atoms with van der Waals surface area (Å²) < 4.78 is 16.7. The summed E-state index contributed by atoms with van der Waals surface area (Å²) in [5, 5.41) is 0. The van der Waals surface area contributed by atoms with Crippen molar-refractivity contribution in [3.8, 4) is 0 Å². The molecule has 0 spiro atoms. The average Bonchev–Trinajstić information content (AvgIpc) is 3.12. The molecule has 4 nitrogen and oxygen atoms in total. The van der Waals surface area contributed by atoms with Crippen molar-refractivity contribution in [3.63, 3.8) is 0 Å². The summed E-state index contributed by atoms with van der Waals surface area (Å²) in [7, 11) is 3.24. The lowest BCUT2D eigenvalue weighted by Crippen LogP contribution is -2.57. The maximum absolute atomic E-state index is 11.7. The van der Waals surface area contributed by atoms with Crippen molar-refractivity contribution in [2.45, 2.75) is 84.7 Å². The van der Waals surface area contributed by atoms with E-state index in [1.807, 2.05) is 0 Å². The van der Waals surface area contributed by atoms with Gasteiger partial charge in [0.05, 0.1) is 13.2 Å². The van der Waals surface area contributed by atoms with Crippen molar-refractivity contribution < 1.29 is 19.0 Å². The Morgan fingerprint density at radius 3 is 2.61 bits per heavy atom. The van der Waals surface area contributed by atoms with E-state index in [-0.39, 0.29) is 5.97 Å². The zero-order chi connectivity index (χ0) is 22.2. The van der Waals surface area contributed by atoms with E-state index in [1.54, 1.807) is 7.11 Å². The van der Waals surface area contributed by atoms with Crippen LogP contribution in [-0.4, -0.2) is 33.1 Å². The minimum Gasteiger partial charge on any atom is -0.469 e. The van der Waals surface area contributed by atoms with E-state index in [1.165, 1.54) is 45.6 Å². The van der Waals surface area contributed by atoms with Crippen molar-refractivity contribution >= 4 is 5.97 Å². The van der Waals surface area contributed by atoms with Gasteiger partial charge in [-0.1, -0.05) is 32.9 Å². The van der Waals surface area contributed by atoms with Crippen LogP contribution in [0.5, 0.6) is 0 Å². The summed E-state index contributed by atoms with van der Waals surface area (Å²) >= 11 is 0. The highest BCUT2D eigenvalue weighted by Crippen LogP contribution is 2.68. The van der Waals surface area contributed by atoms with Gasteiger partial charge in [0.15, 0.2) is 0 Å². The highest BCUT2D eigenvalue weighted by molar-refractivity contribution is 5.69. The predicted octanol–water partition coefficient (Wildman–Crippen LogP) is 6.00. The van der Waals surface area contributed by atoms with Gasteiger partial charge in [-0.15, -0.1) is 0 Å². The van der Waals surface area contributed by atoms with Gasteiger partial charge in [-0.05, 0) is 97.7 Å². The van der Waals surface area contributed by atoms with Gasteiger partial charge < -0.3 is 14.2 Å². The summed E-state index contributed by atoms with van der Waals surface area (Å²) in [5.74, 6) is 3.95. The molecular formula is C27H44O4. The van der Waals surface area contributed by atoms with Crippen LogP contribution in [-0.2, 0) is 19.0 Å². The second-order valence-corrected chi connectivity index (χ2v) is 11.5. The summed E-state index contributed by atoms with van der Waals surface area (Å²) in [6.45, 7) is 7.93. The summed E-state index contributed by atoms with van der Waals surface area (Å²) in [5.41, 5.74) is 0.779. The molecule has 0 aliphatic heterocycles. The standard InChI is InChI=1S/C27H44O4/c1-18(9-12-24(28)30-5)20-10-11-21-25-22(13-15-27(20,21)3)26(2)14-7-6-8-19(26)16-23(25)31-17-29-4/h6,8,18-23,25H,7,9-17H2,1-5H3/t18-,19+,20-,21?,22?,23+,25?,26+,27-/m1/s1. The molecule has 0 amide bonds. The van der Waals surface area contributed by atoms with E-state index in [4.69, 9.17) is 14.2 Å². The van der Waals surface area contributed by atoms with Crippen LogP contribution in [0.25, 0.3) is 0 Å². The molecule has 0 N–H and O–H groups in total. The first-order chi connectivity index (χ1) is 14.8. The molecule has 0 saturated heterocycles. The molecule has 3 saturated carbocycles. The molecule has 9 atom stereocenters. The van der Waals surface area contributed by atoms with Crippen LogP contribution in [0.1, 0.15) is 78.6 Å². The van der Waals surface area contributed by atoms with Crippen molar-refractivity contribution in [2.75, 3.05) is 21.0 Å². The zero-order valence-corrected chi connectivity index (χ0v) is 20.4. The van der Waals surface area contributed by atoms with Crippen LogP contribution in [0.2, 0.25) is 0 Å². The molecule has 4 heteroatoms. The van der Waals surface area contributed by atoms with Crippen LogP contribution in [0, 0.1) is 46.3 Å². The SMILES string of the molecule is COCO[C@H]1C[C@@H]2C=CCC[C@]2(C)C2CC[C@@]3(C)C(CC[C@@H]3[C@H](C)CCC(=O)OC)C21. The lowest BCUT2D eigenvalue weighted by Gasteiger charge is -2.61. The minimum atomic E-state index is -0.0695. The van der Waals surface area contributed by atoms with Crippen molar-refractivity contribution in [1.29, 1.82) is 0 Å². The summed E-state index contributed by atoms with van der Waals surface area (Å²) in [6.07, 6.45) is 15.7. The third-order valence-electron chi connectivity index (χ3n) is 10.4. The highest BCUT2D eigenvalue weighted by atomic mass is 16.7. The summed E-state index contributed by atoms with van der Waals surface area (Å²) in [4.78, 5) is 11.7. The zero-order valence-electron chi connectivity index (χ0n) is 20.4. The largest absolute Gasteiger partial charge is 0.469 e. The van der Waals surface area contributed by atoms with Crippen LogP contribution >= 0.6 is 0 Å². The molecule has 176 valence electrons. The molecular weight excluding hydrogens is 388 g/mol. The van der Waals surface area contributed by atoms with E-state index >= 15 is 0 Å². The number of esters is 1. The van der Waals surface area contributed by atoms with E-state index in [2.05, 4.69) is 32.9 Å². The predicted molar refractivity (Wildman–Crippen MR) is 122 cm³/mol. The number of methoxy groups -OCH3 is 2. The number of hydrogen-bond donors (Lipinski definition) is 0. The third-order valence-corrected chi connectivity index (χ3v) is 10.4. The molecule has 3 fully saturated rings. The fourth-order valence-electron chi connectivity index (χ4n) is 8.72. The minimum absolute atomic E-state index is 0.0695. The number of rotatable bonds is 7. The third kappa shape index (κ3) is 4.01. The van der Waals surface area contributed by atoms with Gasteiger partial charge in [0.2, 0.25) is 0 Å². The number of hydrogen-bond acceptors (Lipinski definition) is 4. The van der Waals surface area contributed by atoms with Crippen LogP contribution in [0.4, 0.5) is 0 Å². The van der Waals surface area contributed by atoms with Gasteiger partial charge in [0.25, 0.3) is 0 Å². The molecule has 0 heterocycles. The Hall–Kier alpha value is -0.870. The van der Waals surface area contributed by atoms with Crippen LogP contribution in [0.3, 0.4) is 0 Å². The molecule has 0 bridgehead atoms. The van der Waals surface area contributed by atoms with Gasteiger partial charge in [-0.2, -0.15) is 0 Å². The Kier molecular flexibility index (Phi) is 6.89. The smallest absolute Gasteiger partial charge is 0.305 e. The number of carbonyl (C=O) groups is 1. The lowest BCUT2D eigenvalue weighted by molar-refractivity contribution is -0.191. The van der Waals surface area contributed by atoms with E-state index in [9.17, 15) is 4.79 Å². The molecule has 4 aliphatic rings. The maximum Gasteiger partial charge on any atom is 0.305 e. The van der Waals surface area contributed by atoms with Crippen LogP contribution < -0.4 is 0 Å². The van der Waals surface area contributed by atoms with Gasteiger partial charge in [0.1, 0.15) is 6.79 Å². The topological polar surface area (TPSA) is 44.8 Å². The molecule has 4 aliphatic carbocycles. The van der Waals surface area contributed by atoms with Crippen molar-refractivity contribution in [2.24, 2.45) is 46.3 Å². The number of ether oxygens (including phenoxy) is 3. The molecule has 0 radical (unpaired) electrons.